The average Bonchev–Trinajstić information content (AvgIpc) is 2.90. The molecule has 1 saturated heterocycles. The van der Waals surface area contributed by atoms with Gasteiger partial charge in [-0.2, -0.15) is 0 Å². The van der Waals surface area contributed by atoms with Crippen molar-refractivity contribution in [1.29, 1.82) is 0 Å². The van der Waals surface area contributed by atoms with E-state index in [9.17, 15) is 19.1 Å². The number of hydrogen-bond acceptors (Lipinski definition) is 6. The number of thioether (sulfide) groups is 1. The van der Waals surface area contributed by atoms with Crippen LogP contribution in [-0.2, 0) is 4.79 Å². The van der Waals surface area contributed by atoms with Crippen molar-refractivity contribution < 1.29 is 28.6 Å². The second-order valence-electron chi connectivity index (χ2n) is 5.24. The van der Waals surface area contributed by atoms with Crippen molar-refractivity contribution in [2.75, 3.05) is 19.1 Å². The third-order valence-electron chi connectivity index (χ3n) is 3.69. The molecule has 0 unspecified atom stereocenters. The molecule has 1 N–H and O–H groups in total. The van der Waals surface area contributed by atoms with Gasteiger partial charge in [-0.05, 0) is 47.7 Å². The molecular weight excluding hydrogens is 361 g/mol. The number of carbonyl (C=O) groups excluding carboxylic acids is 2. The van der Waals surface area contributed by atoms with Crippen molar-refractivity contribution in [3.05, 3.63) is 52.7 Å². The highest BCUT2D eigenvalue weighted by Gasteiger charge is 2.37. The molecule has 2 aromatic carbocycles. The zero-order chi connectivity index (χ0) is 18.8. The quantitative estimate of drug-likeness (QED) is 0.820. The van der Waals surface area contributed by atoms with Gasteiger partial charge in [-0.25, -0.2) is 9.29 Å². The minimum Gasteiger partial charge on any atom is -0.502 e. The van der Waals surface area contributed by atoms with Gasteiger partial charge in [0.1, 0.15) is 5.82 Å². The van der Waals surface area contributed by atoms with Crippen LogP contribution >= 0.6 is 11.8 Å². The highest BCUT2D eigenvalue weighted by Crippen LogP contribution is 2.40. The minimum atomic E-state index is -0.663. The fourth-order valence-corrected chi connectivity index (χ4v) is 3.29. The number of hydrogen-bond donors (Lipinski definition) is 1. The Morgan fingerprint density at radius 1 is 1.12 bits per heavy atom. The van der Waals surface area contributed by atoms with Crippen LogP contribution < -0.4 is 14.4 Å². The van der Waals surface area contributed by atoms with Gasteiger partial charge in [-0.3, -0.25) is 9.59 Å². The van der Waals surface area contributed by atoms with Crippen LogP contribution in [0.25, 0.3) is 6.08 Å². The molecule has 1 aliphatic rings. The van der Waals surface area contributed by atoms with E-state index in [0.29, 0.717) is 17.3 Å². The molecule has 26 heavy (non-hydrogen) atoms. The molecule has 0 saturated carbocycles. The van der Waals surface area contributed by atoms with Crippen LogP contribution in [-0.4, -0.2) is 30.5 Å². The number of carbonyl (C=O) groups is 2. The zero-order valence-corrected chi connectivity index (χ0v) is 14.7. The minimum absolute atomic E-state index is 0.0979. The number of phenols is 1. The Balaban J connectivity index is 2.00. The first-order chi connectivity index (χ1) is 12.5. The number of benzene rings is 2. The number of amides is 2. The van der Waals surface area contributed by atoms with E-state index in [0.717, 1.165) is 4.90 Å². The first-order valence-electron chi connectivity index (χ1n) is 7.43. The summed E-state index contributed by atoms with van der Waals surface area (Å²) in [5.41, 5.74) is 0.384. The molecule has 0 aliphatic carbocycles. The Kier molecular flexibility index (Phi) is 4.85. The summed E-state index contributed by atoms with van der Waals surface area (Å²) >= 11 is 0.699. The smallest absolute Gasteiger partial charge is 0.298 e. The monoisotopic (exact) mass is 375 g/mol. The highest BCUT2D eigenvalue weighted by atomic mass is 32.2. The summed E-state index contributed by atoms with van der Waals surface area (Å²) in [4.78, 5) is 25.7. The SMILES string of the molecule is COc1cc(/C=C2\SC(=O)N(c3ccccc3F)C2=O)cc(OC)c1O. The Morgan fingerprint density at radius 2 is 1.73 bits per heavy atom. The maximum atomic E-state index is 13.9. The number of imide groups is 1. The van der Waals surface area contributed by atoms with Gasteiger partial charge in [-0.15, -0.1) is 0 Å². The molecule has 6 nitrogen and oxygen atoms in total. The molecule has 0 radical (unpaired) electrons. The summed E-state index contributed by atoms with van der Waals surface area (Å²) in [7, 11) is 2.76. The van der Waals surface area contributed by atoms with E-state index in [1.807, 2.05) is 0 Å². The molecule has 0 atom stereocenters. The summed E-state index contributed by atoms with van der Waals surface area (Å²) in [5, 5.41) is 9.35. The van der Waals surface area contributed by atoms with Gasteiger partial charge in [0.25, 0.3) is 11.1 Å². The lowest BCUT2D eigenvalue weighted by molar-refractivity contribution is -0.113. The van der Waals surface area contributed by atoms with E-state index >= 15 is 0 Å². The average molecular weight is 375 g/mol. The third-order valence-corrected chi connectivity index (χ3v) is 4.56. The topological polar surface area (TPSA) is 76.1 Å². The molecule has 3 rings (SSSR count). The molecule has 1 aliphatic heterocycles. The van der Waals surface area contributed by atoms with Gasteiger partial charge >= 0.3 is 0 Å². The van der Waals surface area contributed by atoms with E-state index in [4.69, 9.17) is 9.47 Å². The largest absolute Gasteiger partial charge is 0.502 e. The van der Waals surface area contributed by atoms with E-state index in [1.165, 1.54) is 50.6 Å². The standard InChI is InChI=1S/C18H14FNO5S/c1-24-13-7-10(8-14(25-2)16(13)21)9-15-17(22)20(18(23)26-15)12-6-4-3-5-11(12)19/h3-9,21H,1-2H3/b15-9-. The summed E-state index contributed by atoms with van der Waals surface area (Å²) in [6.45, 7) is 0. The molecule has 8 heteroatoms. The predicted octanol–water partition coefficient (Wildman–Crippen LogP) is 3.79. The molecule has 2 amide bonds. The van der Waals surface area contributed by atoms with Gasteiger partial charge in [0.2, 0.25) is 5.75 Å². The van der Waals surface area contributed by atoms with Gasteiger partial charge < -0.3 is 14.6 Å². The van der Waals surface area contributed by atoms with Gasteiger partial charge in [0.15, 0.2) is 11.5 Å². The van der Waals surface area contributed by atoms with Crippen LogP contribution in [0, 0.1) is 5.82 Å². The van der Waals surface area contributed by atoms with Crippen molar-refractivity contribution in [3.63, 3.8) is 0 Å². The van der Waals surface area contributed by atoms with E-state index in [2.05, 4.69) is 0 Å². The van der Waals surface area contributed by atoms with Gasteiger partial charge in [0, 0.05) is 0 Å². The van der Waals surface area contributed by atoms with Crippen LogP contribution in [0.3, 0.4) is 0 Å². The van der Waals surface area contributed by atoms with Crippen molar-refractivity contribution in [2.24, 2.45) is 0 Å². The molecule has 2 aromatic rings. The normalized spacial score (nSPS) is 15.7. The van der Waals surface area contributed by atoms with E-state index in [-0.39, 0.29) is 27.8 Å². The lowest BCUT2D eigenvalue weighted by atomic mass is 10.1. The van der Waals surface area contributed by atoms with Gasteiger partial charge in [-0.1, -0.05) is 12.1 Å². The number of halogens is 1. The highest BCUT2D eigenvalue weighted by molar-refractivity contribution is 8.19. The fraction of sp³-hybridized carbons (Fsp3) is 0.111. The van der Waals surface area contributed by atoms with Crippen molar-refractivity contribution >= 4 is 34.7 Å². The van der Waals surface area contributed by atoms with Crippen LogP contribution in [0.15, 0.2) is 41.3 Å². The molecule has 134 valence electrons. The summed E-state index contributed by atoms with van der Waals surface area (Å²) in [6.07, 6.45) is 1.45. The lowest BCUT2D eigenvalue weighted by Crippen LogP contribution is -2.28. The van der Waals surface area contributed by atoms with Crippen LogP contribution in [0.5, 0.6) is 17.2 Å². The van der Waals surface area contributed by atoms with Crippen LogP contribution in [0.4, 0.5) is 14.9 Å². The van der Waals surface area contributed by atoms with Crippen molar-refractivity contribution in [1.82, 2.24) is 0 Å². The Hall–Kier alpha value is -3.00. The number of anilines is 1. The number of nitrogens with zero attached hydrogens (tertiary/aromatic N) is 1. The number of para-hydroxylation sites is 1. The number of phenolic OH excluding ortho intramolecular Hbond substituents is 1. The number of ether oxygens (including phenoxy) is 2. The first kappa shape index (κ1) is 17.8. The second-order valence-corrected chi connectivity index (χ2v) is 6.24. The maximum Gasteiger partial charge on any atom is 0.298 e. The molecule has 0 spiro atoms. The van der Waals surface area contributed by atoms with Crippen molar-refractivity contribution in [3.8, 4) is 17.2 Å². The Morgan fingerprint density at radius 3 is 2.31 bits per heavy atom. The van der Waals surface area contributed by atoms with E-state index < -0.39 is 17.0 Å². The third kappa shape index (κ3) is 3.11. The van der Waals surface area contributed by atoms with E-state index in [1.54, 1.807) is 6.07 Å². The first-order valence-corrected chi connectivity index (χ1v) is 8.25. The molecule has 0 aromatic heterocycles. The number of aromatic hydroxyl groups is 1. The molecule has 1 heterocycles. The summed E-state index contributed by atoms with van der Waals surface area (Å²) < 4.78 is 24.1. The Labute approximate surface area is 152 Å². The summed E-state index contributed by atoms with van der Waals surface area (Å²) in [5.74, 6) is -1.15. The molecule has 0 bridgehead atoms. The predicted molar refractivity (Wildman–Crippen MR) is 96.1 cm³/mol. The zero-order valence-electron chi connectivity index (χ0n) is 13.9. The van der Waals surface area contributed by atoms with Crippen LogP contribution in [0.2, 0.25) is 0 Å². The van der Waals surface area contributed by atoms with Crippen LogP contribution in [0.1, 0.15) is 5.56 Å². The second kappa shape index (κ2) is 7.09. The number of methoxy groups -OCH3 is 2. The maximum absolute atomic E-state index is 13.9. The lowest BCUT2D eigenvalue weighted by Gasteiger charge is -2.13. The fourth-order valence-electron chi connectivity index (χ4n) is 2.46. The molecular formula is C18H14FNO5S. The molecule has 1 fully saturated rings. The number of rotatable bonds is 4. The van der Waals surface area contributed by atoms with Gasteiger partial charge in [0.05, 0.1) is 24.8 Å². The summed E-state index contributed by atoms with van der Waals surface area (Å²) in [6, 6.07) is 8.55. The Bertz CT molecular complexity index is 903. The van der Waals surface area contributed by atoms with Crippen molar-refractivity contribution in [2.45, 2.75) is 0 Å².